The van der Waals surface area contributed by atoms with Gasteiger partial charge >= 0.3 is 0 Å². The van der Waals surface area contributed by atoms with Crippen molar-refractivity contribution in [2.75, 3.05) is 19.6 Å². The summed E-state index contributed by atoms with van der Waals surface area (Å²) < 4.78 is 0. The van der Waals surface area contributed by atoms with Crippen LogP contribution in [0.2, 0.25) is 0 Å². The third kappa shape index (κ3) is 2.91. The molecule has 0 spiro atoms. The van der Waals surface area contributed by atoms with Gasteiger partial charge in [0.15, 0.2) is 0 Å². The highest BCUT2D eigenvalue weighted by molar-refractivity contribution is 5.35. The first-order valence-corrected chi connectivity index (χ1v) is 8.35. The molecule has 1 aliphatic carbocycles. The molecule has 110 valence electrons. The maximum Gasteiger partial charge on any atom is 0.0326 e. The SMILES string of the molecule is CCN1CCCC(NC2CCC(C)c3ccccc32)C1. The van der Waals surface area contributed by atoms with Gasteiger partial charge in [0.1, 0.15) is 0 Å². The minimum atomic E-state index is 0.573. The molecular formula is C18H28N2. The highest BCUT2D eigenvalue weighted by atomic mass is 15.2. The molecule has 3 atom stereocenters. The fourth-order valence-electron chi connectivity index (χ4n) is 3.94. The van der Waals surface area contributed by atoms with Crippen molar-refractivity contribution < 1.29 is 0 Å². The molecule has 2 aliphatic rings. The molecular weight excluding hydrogens is 244 g/mol. The Bertz CT molecular complexity index is 443. The average molecular weight is 272 g/mol. The summed E-state index contributed by atoms with van der Waals surface area (Å²) in [6, 6.07) is 10.3. The Labute approximate surface area is 123 Å². The van der Waals surface area contributed by atoms with Crippen molar-refractivity contribution in [1.82, 2.24) is 10.2 Å². The molecule has 1 fully saturated rings. The quantitative estimate of drug-likeness (QED) is 0.902. The Hall–Kier alpha value is -0.860. The topological polar surface area (TPSA) is 15.3 Å². The lowest BCUT2D eigenvalue weighted by molar-refractivity contribution is 0.186. The normalized spacial score (nSPS) is 31.0. The van der Waals surface area contributed by atoms with Gasteiger partial charge in [-0.3, -0.25) is 0 Å². The molecule has 3 unspecified atom stereocenters. The van der Waals surface area contributed by atoms with Gasteiger partial charge in [-0.2, -0.15) is 0 Å². The van der Waals surface area contributed by atoms with Gasteiger partial charge in [-0.15, -0.1) is 0 Å². The fraction of sp³-hybridized carbons (Fsp3) is 0.667. The van der Waals surface area contributed by atoms with E-state index in [2.05, 4.69) is 48.3 Å². The minimum Gasteiger partial charge on any atom is -0.306 e. The number of piperidine rings is 1. The predicted molar refractivity (Wildman–Crippen MR) is 85.1 cm³/mol. The van der Waals surface area contributed by atoms with Crippen molar-refractivity contribution in [2.45, 2.75) is 57.5 Å². The van der Waals surface area contributed by atoms with Crippen LogP contribution < -0.4 is 5.32 Å². The molecule has 1 aromatic rings. The van der Waals surface area contributed by atoms with Crippen LogP contribution in [0.15, 0.2) is 24.3 Å². The molecule has 1 N–H and O–H groups in total. The molecule has 0 amide bonds. The van der Waals surface area contributed by atoms with Gasteiger partial charge < -0.3 is 10.2 Å². The molecule has 3 rings (SSSR count). The Morgan fingerprint density at radius 1 is 1.15 bits per heavy atom. The van der Waals surface area contributed by atoms with Crippen LogP contribution in [0.1, 0.15) is 62.6 Å². The maximum atomic E-state index is 3.96. The number of fused-ring (bicyclic) bond motifs is 1. The van der Waals surface area contributed by atoms with Crippen molar-refractivity contribution in [1.29, 1.82) is 0 Å². The van der Waals surface area contributed by atoms with Crippen LogP contribution in [-0.2, 0) is 0 Å². The second-order valence-electron chi connectivity index (χ2n) is 6.56. The highest BCUT2D eigenvalue weighted by Crippen LogP contribution is 2.37. The summed E-state index contributed by atoms with van der Waals surface area (Å²) in [5.74, 6) is 0.725. The summed E-state index contributed by atoms with van der Waals surface area (Å²) in [5, 5.41) is 3.96. The zero-order valence-electron chi connectivity index (χ0n) is 12.9. The van der Waals surface area contributed by atoms with Crippen LogP contribution in [-0.4, -0.2) is 30.6 Å². The van der Waals surface area contributed by atoms with Crippen molar-refractivity contribution in [3.63, 3.8) is 0 Å². The maximum absolute atomic E-state index is 3.96. The summed E-state index contributed by atoms with van der Waals surface area (Å²) in [7, 11) is 0. The lowest BCUT2D eigenvalue weighted by Crippen LogP contribution is -2.47. The van der Waals surface area contributed by atoms with Gasteiger partial charge in [0.25, 0.3) is 0 Å². The zero-order valence-corrected chi connectivity index (χ0v) is 12.9. The smallest absolute Gasteiger partial charge is 0.0326 e. The molecule has 1 aliphatic heterocycles. The van der Waals surface area contributed by atoms with Gasteiger partial charge in [0.05, 0.1) is 0 Å². The van der Waals surface area contributed by atoms with E-state index in [9.17, 15) is 0 Å². The Balaban J connectivity index is 1.70. The Morgan fingerprint density at radius 2 is 1.95 bits per heavy atom. The zero-order chi connectivity index (χ0) is 13.9. The van der Waals surface area contributed by atoms with Gasteiger partial charge in [-0.25, -0.2) is 0 Å². The van der Waals surface area contributed by atoms with Gasteiger partial charge in [0, 0.05) is 18.6 Å². The average Bonchev–Trinajstić information content (AvgIpc) is 2.51. The fourth-order valence-corrected chi connectivity index (χ4v) is 3.94. The first-order valence-electron chi connectivity index (χ1n) is 8.35. The van der Waals surface area contributed by atoms with Crippen LogP contribution >= 0.6 is 0 Å². The lowest BCUT2D eigenvalue weighted by atomic mass is 9.80. The number of hydrogen-bond acceptors (Lipinski definition) is 2. The molecule has 2 heteroatoms. The van der Waals surface area contributed by atoms with Crippen molar-refractivity contribution in [3.05, 3.63) is 35.4 Å². The van der Waals surface area contributed by atoms with Crippen LogP contribution in [0.5, 0.6) is 0 Å². The summed E-state index contributed by atoms with van der Waals surface area (Å²) in [4.78, 5) is 2.58. The number of nitrogens with one attached hydrogen (secondary N) is 1. The van der Waals surface area contributed by atoms with E-state index in [0.29, 0.717) is 12.1 Å². The van der Waals surface area contributed by atoms with Gasteiger partial charge in [-0.1, -0.05) is 38.1 Å². The van der Waals surface area contributed by atoms with Crippen molar-refractivity contribution in [2.24, 2.45) is 0 Å². The molecule has 1 aromatic carbocycles. The van der Waals surface area contributed by atoms with E-state index in [4.69, 9.17) is 0 Å². The minimum absolute atomic E-state index is 0.573. The number of nitrogens with zero attached hydrogens (tertiary/aromatic N) is 1. The van der Waals surface area contributed by atoms with Crippen molar-refractivity contribution >= 4 is 0 Å². The van der Waals surface area contributed by atoms with E-state index in [1.807, 2.05) is 0 Å². The molecule has 1 heterocycles. The van der Waals surface area contributed by atoms with E-state index in [1.165, 1.54) is 45.3 Å². The first kappa shape index (κ1) is 14.1. The predicted octanol–water partition coefficient (Wildman–Crippen LogP) is 3.70. The molecule has 0 bridgehead atoms. The largest absolute Gasteiger partial charge is 0.306 e. The molecule has 2 nitrogen and oxygen atoms in total. The van der Waals surface area contributed by atoms with Crippen LogP contribution in [0.4, 0.5) is 0 Å². The summed E-state index contributed by atoms with van der Waals surface area (Å²) in [6.07, 6.45) is 5.29. The number of likely N-dealkylation sites (tertiary alicyclic amines) is 1. The second kappa shape index (κ2) is 6.28. The lowest BCUT2D eigenvalue weighted by Gasteiger charge is -2.37. The number of hydrogen-bond donors (Lipinski definition) is 1. The third-order valence-corrected chi connectivity index (χ3v) is 5.18. The summed E-state index contributed by atoms with van der Waals surface area (Å²) >= 11 is 0. The van der Waals surface area contributed by atoms with Gasteiger partial charge in [-0.05, 0) is 55.8 Å². The molecule has 0 aromatic heterocycles. The van der Waals surface area contributed by atoms with Crippen LogP contribution in [0, 0.1) is 0 Å². The molecule has 20 heavy (non-hydrogen) atoms. The van der Waals surface area contributed by atoms with E-state index in [0.717, 1.165) is 5.92 Å². The number of likely N-dealkylation sites (N-methyl/N-ethyl adjacent to an activating group) is 1. The summed E-state index contributed by atoms with van der Waals surface area (Å²) in [6.45, 7) is 8.35. The monoisotopic (exact) mass is 272 g/mol. The van der Waals surface area contributed by atoms with E-state index in [1.54, 1.807) is 11.1 Å². The molecule has 0 radical (unpaired) electrons. The van der Waals surface area contributed by atoms with E-state index in [-0.39, 0.29) is 0 Å². The van der Waals surface area contributed by atoms with E-state index >= 15 is 0 Å². The molecule has 0 saturated carbocycles. The van der Waals surface area contributed by atoms with Crippen LogP contribution in [0.3, 0.4) is 0 Å². The van der Waals surface area contributed by atoms with Gasteiger partial charge in [0.2, 0.25) is 0 Å². The Kier molecular flexibility index (Phi) is 4.42. The van der Waals surface area contributed by atoms with E-state index < -0.39 is 0 Å². The number of benzene rings is 1. The Morgan fingerprint density at radius 3 is 2.75 bits per heavy atom. The molecule has 1 saturated heterocycles. The standard InChI is InChI=1S/C18H28N2/c1-3-20-12-6-7-15(13-20)19-18-11-10-14(2)16-8-4-5-9-17(16)18/h4-5,8-9,14-15,18-19H,3,6-7,10-13H2,1-2H3. The van der Waals surface area contributed by atoms with Crippen molar-refractivity contribution in [3.8, 4) is 0 Å². The first-order chi connectivity index (χ1) is 9.78. The van der Waals surface area contributed by atoms with Crippen LogP contribution in [0.25, 0.3) is 0 Å². The third-order valence-electron chi connectivity index (χ3n) is 5.18. The second-order valence-corrected chi connectivity index (χ2v) is 6.56. The highest BCUT2D eigenvalue weighted by Gasteiger charge is 2.27. The number of rotatable bonds is 3. The summed E-state index contributed by atoms with van der Waals surface area (Å²) in [5.41, 5.74) is 3.12.